The van der Waals surface area contributed by atoms with Gasteiger partial charge in [0.05, 0.1) is 16.6 Å². The molecule has 2 rings (SSSR count). The fourth-order valence-corrected chi connectivity index (χ4v) is 2.08. The first-order valence-corrected chi connectivity index (χ1v) is 6.77. The standard InChI is InChI=1S/C16H17O3P/c1-12-10-14(17-2)16(19-20)15(11-12)18-13-8-6-4-3-5-7-9-13/h6,8-11H,4,7,20H2,1-2H3/b8-6-,13-9+. The van der Waals surface area contributed by atoms with E-state index >= 15 is 0 Å². The normalized spacial score (nSPS) is 17.6. The van der Waals surface area contributed by atoms with Crippen LogP contribution in [0.2, 0.25) is 0 Å². The van der Waals surface area contributed by atoms with Crippen molar-refractivity contribution in [2.45, 2.75) is 19.8 Å². The molecule has 0 heterocycles. The maximum atomic E-state index is 5.92. The number of methoxy groups -OCH3 is 1. The zero-order chi connectivity index (χ0) is 14.4. The van der Waals surface area contributed by atoms with Gasteiger partial charge in [0.25, 0.3) is 0 Å². The van der Waals surface area contributed by atoms with E-state index in [0.717, 1.165) is 17.7 Å². The van der Waals surface area contributed by atoms with Gasteiger partial charge in [0.1, 0.15) is 5.76 Å². The molecule has 104 valence electrons. The van der Waals surface area contributed by atoms with Crippen LogP contribution in [0.1, 0.15) is 18.4 Å². The number of hydrogen-bond acceptors (Lipinski definition) is 3. The highest BCUT2D eigenvalue weighted by molar-refractivity contribution is 7.10. The minimum atomic E-state index is 0.561. The van der Waals surface area contributed by atoms with Crippen LogP contribution in [0.4, 0.5) is 0 Å². The zero-order valence-corrected chi connectivity index (χ0v) is 12.8. The van der Waals surface area contributed by atoms with Gasteiger partial charge >= 0.3 is 0 Å². The van der Waals surface area contributed by atoms with Gasteiger partial charge in [0, 0.05) is 12.8 Å². The van der Waals surface area contributed by atoms with Crippen molar-refractivity contribution in [3.05, 3.63) is 41.7 Å². The predicted molar refractivity (Wildman–Crippen MR) is 82.9 cm³/mol. The second kappa shape index (κ2) is 7.03. The Bertz CT molecular complexity index is 606. The molecule has 0 spiro atoms. The Morgan fingerprint density at radius 3 is 2.65 bits per heavy atom. The topological polar surface area (TPSA) is 27.7 Å². The van der Waals surface area contributed by atoms with Crippen molar-refractivity contribution in [2.75, 3.05) is 7.11 Å². The van der Waals surface area contributed by atoms with Gasteiger partial charge in [-0.2, -0.15) is 0 Å². The molecule has 3 nitrogen and oxygen atoms in total. The maximum absolute atomic E-state index is 5.92. The van der Waals surface area contributed by atoms with Crippen LogP contribution >= 0.6 is 9.47 Å². The molecule has 0 aromatic heterocycles. The van der Waals surface area contributed by atoms with Crippen LogP contribution in [0.15, 0.2) is 36.1 Å². The molecule has 0 radical (unpaired) electrons. The SMILES string of the molecule is COc1cc(C)cc(OC2=C/CC#CC/C=C\2)c1OP. The van der Waals surface area contributed by atoms with Gasteiger partial charge in [0.15, 0.2) is 11.5 Å². The Hall–Kier alpha value is -1.91. The van der Waals surface area contributed by atoms with E-state index in [1.807, 2.05) is 37.3 Å². The molecule has 0 aliphatic heterocycles. The third-order valence-electron chi connectivity index (χ3n) is 2.76. The van der Waals surface area contributed by atoms with Gasteiger partial charge in [-0.1, -0.05) is 17.9 Å². The third kappa shape index (κ3) is 3.56. The van der Waals surface area contributed by atoms with E-state index in [4.69, 9.17) is 14.0 Å². The number of benzene rings is 1. The number of ether oxygens (including phenoxy) is 2. The molecule has 1 aromatic rings. The molecule has 1 aromatic carbocycles. The second-order valence-electron chi connectivity index (χ2n) is 4.29. The van der Waals surface area contributed by atoms with Crippen molar-refractivity contribution < 1.29 is 14.0 Å². The van der Waals surface area contributed by atoms with E-state index in [1.165, 1.54) is 0 Å². The van der Waals surface area contributed by atoms with Crippen LogP contribution < -0.4 is 14.0 Å². The van der Waals surface area contributed by atoms with E-state index < -0.39 is 0 Å². The van der Waals surface area contributed by atoms with Crippen molar-refractivity contribution in [3.63, 3.8) is 0 Å². The molecule has 0 amide bonds. The highest BCUT2D eigenvalue weighted by Gasteiger charge is 2.13. The van der Waals surface area contributed by atoms with Crippen molar-refractivity contribution in [1.29, 1.82) is 0 Å². The molecule has 1 atom stereocenters. The van der Waals surface area contributed by atoms with Crippen LogP contribution in [0.25, 0.3) is 0 Å². The Kier molecular flexibility index (Phi) is 5.09. The van der Waals surface area contributed by atoms with Gasteiger partial charge in [-0.15, -0.1) is 0 Å². The number of hydrogen-bond donors (Lipinski definition) is 0. The lowest BCUT2D eigenvalue weighted by Crippen LogP contribution is -1.97. The lowest BCUT2D eigenvalue weighted by atomic mass is 10.2. The van der Waals surface area contributed by atoms with Gasteiger partial charge in [-0.05, 0) is 36.8 Å². The van der Waals surface area contributed by atoms with E-state index in [9.17, 15) is 0 Å². The third-order valence-corrected chi connectivity index (χ3v) is 3.00. The van der Waals surface area contributed by atoms with Gasteiger partial charge in [0.2, 0.25) is 5.75 Å². The molecule has 1 aliphatic rings. The average Bonchev–Trinajstić information content (AvgIpc) is 2.41. The Morgan fingerprint density at radius 1 is 1.15 bits per heavy atom. The monoisotopic (exact) mass is 288 g/mol. The van der Waals surface area contributed by atoms with E-state index in [-0.39, 0.29) is 0 Å². The summed E-state index contributed by atoms with van der Waals surface area (Å²) in [6.45, 7) is 1.98. The Morgan fingerprint density at radius 2 is 1.90 bits per heavy atom. The molecular weight excluding hydrogens is 271 g/mol. The summed E-state index contributed by atoms with van der Waals surface area (Å²) in [5.74, 6) is 8.67. The zero-order valence-electron chi connectivity index (χ0n) is 11.6. The fraction of sp³-hybridized carbons (Fsp3) is 0.250. The molecule has 1 aliphatic carbocycles. The fourth-order valence-electron chi connectivity index (χ4n) is 1.85. The highest BCUT2D eigenvalue weighted by atomic mass is 31.0. The Labute approximate surface area is 121 Å². The lowest BCUT2D eigenvalue weighted by Gasteiger charge is -2.15. The van der Waals surface area contributed by atoms with E-state index in [2.05, 4.69) is 21.3 Å². The van der Waals surface area contributed by atoms with Crippen molar-refractivity contribution in [2.24, 2.45) is 0 Å². The summed E-state index contributed by atoms with van der Waals surface area (Å²) in [6.07, 6.45) is 7.27. The minimum absolute atomic E-state index is 0.561. The van der Waals surface area contributed by atoms with Gasteiger partial charge in [-0.25, -0.2) is 0 Å². The number of rotatable bonds is 4. The smallest absolute Gasteiger partial charge is 0.206 e. The number of allylic oxidation sites excluding steroid dienone is 3. The molecule has 0 N–H and O–H groups in total. The molecule has 0 saturated carbocycles. The first-order valence-electron chi connectivity index (χ1n) is 6.30. The quantitative estimate of drug-likeness (QED) is 0.623. The second-order valence-corrected chi connectivity index (χ2v) is 4.52. The largest absolute Gasteiger partial charge is 0.493 e. The van der Waals surface area contributed by atoms with Crippen molar-refractivity contribution in [3.8, 4) is 29.1 Å². The summed E-state index contributed by atoms with van der Waals surface area (Å²) in [4.78, 5) is 0. The summed E-state index contributed by atoms with van der Waals surface area (Å²) in [5, 5.41) is 0. The van der Waals surface area contributed by atoms with Crippen LogP contribution in [0.5, 0.6) is 17.2 Å². The first kappa shape index (κ1) is 14.5. The summed E-state index contributed by atoms with van der Waals surface area (Å²) in [7, 11) is 3.83. The van der Waals surface area contributed by atoms with E-state index in [1.54, 1.807) is 7.11 Å². The predicted octanol–water partition coefficient (Wildman–Crippen LogP) is 3.79. The van der Waals surface area contributed by atoms with Crippen LogP contribution in [-0.2, 0) is 0 Å². The van der Waals surface area contributed by atoms with E-state index in [0.29, 0.717) is 23.7 Å². The molecule has 4 heteroatoms. The van der Waals surface area contributed by atoms with Crippen LogP contribution in [-0.4, -0.2) is 7.11 Å². The van der Waals surface area contributed by atoms with Crippen molar-refractivity contribution in [1.82, 2.24) is 0 Å². The average molecular weight is 288 g/mol. The minimum Gasteiger partial charge on any atom is -0.493 e. The summed E-state index contributed by atoms with van der Waals surface area (Å²) >= 11 is 0. The number of aryl methyl sites for hydroxylation is 1. The Balaban J connectivity index is 2.33. The molecule has 0 bridgehead atoms. The van der Waals surface area contributed by atoms with Crippen LogP contribution in [0, 0.1) is 18.8 Å². The highest BCUT2D eigenvalue weighted by Crippen LogP contribution is 2.40. The molecule has 1 unspecified atom stereocenters. The molecular formula is C16H17O3P. The maximum Gasteiger partial charge on any atom is 0.206 e. The molecule has 0 saturated heterocycles. The summed E-state index contributed by atoms with van der Waals surface area (Å²) in [6, 6.07) is 3.82. The van der Waals surface area contributed by atoms with Crippen LogP contribution in [0.3, 0.4) is 0 Å². The summed E-state index contributed by atoms with van der Waals surface area (Å²) in [5.41, 5.74) is 1.04. The van der Waals surface area contributed by atoms with Crippen molar-refractivity contribution >= 4 is 9.47 Å². The molecule has 20 heavy (non-hydrogen) atoms. The summed E-state index contributed by atoms with van der Waals surface area (Å²) < 4.78 is 16.5. The van der Waals surface area contributed by atoms with Gasteiger partial charge in [-0.3, -0.25) is 0 Å². The van der Waals surface area contributed by atoms with Gasteiger partial charge < -0.3 is 14.0 Å². The first-order chi connectivity index (χ1) is 9.74. The lowest BCUT2D eigenvalue weighted by molar-refractivity contribution is 0.379. The molecule has 0 fully saturated rings.